The quantitative estimate of drug-likeness (QED) is 0.360. The third-order valence-corrected chi connectivity index (χ3v) is 4.13. The Morgan fingerprint density at radius 1 is 1.42 bits per heavy atom. The molecule has 0 aromatic carbocycles. The van der Waals surface area contributed by atoms with Crippen LogP contribution in [0.3, 0.4) is 0 Å². The fourth-order valence-corrected chi connectivity index (χ4v) is 2.77. The summed E-state index contributed by atoms with van der Waals surface area (Å²) in [5.74, 6) is 0.856. The first-order chi connectivity index (χ1) is 8.69. The fraction of sp³-hybridized carbons (Fsp3) is 0.538. The lowest BCUT2D eigenvalue weighted by atomic mass is 10.2. The predicted molar refractivity (Wildman–Crippen MR) is 92.5 cm³/mol. The van der Waals surface area contributed by atoms with Gasteiger partial charge < -0.3 is 10.6 Å². The topological polar surface area (TPSA) is 49.3 Å². The third kappa shape index (κ3) is 4.76. The maximum Gasteiger partial charge on any atom is 0.191 e. The van der Waals surface area contributed by atoms with Gasteiger partial charge in [-0.15, -0.1) is 35.3 Å². The summed E-state index contributed by atoms with van der Waals surface area (Å²) in [5, 5.41) is 7.83. The van der Waals surface area contributed by atoms with Gasteiger partial charge in [0.2, 0.25) is 0 Å². The average Bonchev–Trinajstić information content (AvgIpc) is 2.96. The smallest absolute Gasteiger partial charge is 0.191 e. The number of guanidine groups is 1. The molecule has 2 N–H and O–H groups in total. The van der Waals surface area contributed by atoms with E-state index < -0.39 is 0 Å². The van der Waals surface area contributed by atoms with Crippen LogP contribution in [0.25, 0.3) is 0 Å². The highest BCUT2D eigenvalue weighted by Crippen LogP contribution is 2.16. The van der Waals surface area contributed by atoms with Gasteiger partial charge in [0.15, 0.2) is 5.96 Å². The van der Waals surface area contributed by atoms with Crippen molar-refractivity contribution in [3.8, 4) is 0 Å². The van der Waals surface area contributed by atoms with Crippen molar-refractivity contribution in [2.45, 2.75) is 39.3 Å². The number of aromatic nitrogens is 1. The van der Waals surface area contributed by atoms with E-state index in [0.717, 1.165) is 36.0 Å². The molecule has 0 amide bonds. The Morgan fingerprint density at radius 2 is 2.11 bits per heavy atom. The molecule has 0 bridgehead atoms. The normalized spacial score (nSPS) is 15.4. The van der Waals surface area contributed by atoms with Crippen LogP contribution in [0.2, 0.25) is 0 Å². The van der Waals surface area contributed by atoms with Crippen LogP contribution in [-0.2, 0) is 6.54 Å². The van der Waals surface area contributed by atoms with Crippen molar-refractivity contribution >= 4 is 41.3 Å². The van der Waals surface area contributed by atoms with E-state index in [4.69, 9.17) is 0 Å². The lowest BCUT2D eigenvalue weighted by Crippen LogP contribution is -2.42. The number of nitrogens with zero attached hydrogens (tertiary/aromatic N) is 2. The van der Waals surface area contributed by atoms with E-state index in [2.05, 4.69) is 39.7 Å². The number of hydrogen-bond acceptors (Lipinski definition) is 3. The summed E-state index contributed by atoms with van der Waals surface area (Å²) in [7, 11) is 1.80. The van der Waals surface area contributed by atoms with E-state index in [1.807, 2.05) is 6.92 Å². The maximum atomic E-state index is 4.51. The predicted octanol–water partition coefficient (Wildman–Crippen LogP) is 2.76. The van der Waals surface area contributed by atoms with Crippen LogP contribution < -0.4 is 10.6 Å². The lowest BCUT2D eigenvalue weighted by Gasteiger charge is -2.16. The van der Waals surface area contributed by atoms with Crippen molar-refractivity contribution in [1.29, 1.82) is 0 Å². The number of hydrogen-bond donors (Lipinski definition) is 2. The SMILES string of the molecule is CN=C(NCc1nc(C)c(C)s1)NC1CC=CC1.I. The highest BCUT2D eigenvalue weighted by atomic mass is 127. The first kappa shape index (κ1) is 16.4. The Labute approximate surface area is 135 Å². The highest BCUT2D eigenvalue weighted by Gasteiger charge is 2.12. The van der Waals surface area contributed by atoms with Gasteiger partial charge in [0.05, 0.1) is 12.2 Å². The molecule has 0 saturated carbocycles. The zero-order valence-electron chi connectivity index (χ0n) is 11.6. The molecule has 6 heteroatoms. The molecule has 1 aliphatic rings. The Kier molecular flexibility index (Phi) is 6.78. The lowest BCUT2D eigenvalue weighted by molar-refractivity contribution is 0.632. The molecule has 0 fully saturated rings. The van der Waals surface area contributed by atoms with Crippen LogP contribution in [-0.4, -0.2) is 24.0 Å². The van der Waals surface area contributed by atoms with Gasteiger partial charge in [0.25, 0.3) is 0 Å². The zero-order chi connectivity index (χ0) is 13.0. The number of thiazole rings is 1. The minimum absolute atomic E-state index is 0. The molecule has 0 atom stereocenters. The van der Waals surface area contributed by atoms with Crippen LogP contribution in [0.1, 0.15) is 28.4 Å². The van der Waals surface area contributed by atoms with Crippen molar-refractivity contribution in [3.63, 3.8) is 0 Å². The van der Waals surface area contributed by atoms with Crippen LogP contribution in [0, 0.1) is 13.8 Å². The Bertz CT molecular complexity index is 440. The summed E-state index contributed by atoms with van der Waals surface area (Å²) in [5.41, 5.74) is 1.12. The molecule has 0 spiro atoms. The van der Waals surface area contributed by atoms with Gasteiger partial charge in [-0.3, -0.25) is 4.99 Å². The van der Waals surface area contributed by atoms with Crippen molar-refractivity contribution in [1.82, 2.24) is 15.6 Å². The molecule has 1 heterocycles. The number of halogens is 1. The summed E-state index contributed by atoms with van der Waals surface area (Å²) in [6, 6.07) is 0.482. The van der Waals surface area contributed by atoms with Crippen LogP contribution in [0.4, 0.5) is 0 Å². The van der Waals surface area contributed by atoms with Crippen molar-refractivity contribution < 1.29 is 0 Å². The molecule has 0 saturated heterocycles. The van der Waals surface area contributed by atoms with Gasteiger partial charge >= 0.3 is 0 Å². The van der Waals surface area contributed by atoms with E-state index in [9.17, 15) is 0 Å². The molecule has 1 aliphatic carbocycles. The van der Waals surface area contributed by atoms with Gasteiger partial charge in [-0.05, 0) is 26.7 Å². The molecule has 1 aromatic heterocycles. The molecule has 1 aromatic rings. The van der Waals surface area contributed by atoms with Crippen molar-refractivity contribution in [2.75, 3.05) is 7.05 Å². The van der Waals surface area contributed by atoms with Crippen LogP contribution in [0.15, 0.2) is 17.1 Å². The van der Waals surface area contributed by atoms with E-state index in [0.29, 0.717) is 6.04 Å². The summed E-state index contributed by atoms with van der Waals surface area (Å²) in [6.45, 7) is 4.89. The second-order valence-corrected chi connectivity index (χ2v) is 5.75. The van der Waals surface area contributed by atoms with Gasteiger partial charge in [0.1, 0.15) is 5.01 Å². The second-order valence-electron chi connectivity index (χ2n) is 4.46. The number of aryl methyl sites for hydroxylation is 2. The van der Waals surface area contributed by atoms with Gasteiger partial charge in [-0.2, -0.15) is 0 Å². The van der Waals surface area contributed by atoms with Gasteiger partial charge in [-0.25, -0.2) is 4.98 Å². The molecular weight excluding hydrogens is 371 g/mol. The van der Waals surface area contributed by atoms with Gasteiger partial charge in [-0.1, -0.05) is 12.2 Å². The molecule has 19 heavy (non-hydrogen) atoms. The van der Waals surface area contributed by atoms with E-state index >= 15 is 0 Å². The van der Waals surface area contributed by atoms with Gasteiger partial charge in [0, 0.05) is 18.0 Å². The van der Waals surface area contributed by atoms with Crippen LogP contribution in [0.5, 0.6) is 0 Å². The van der Waals surface area contributed by atoms with E-state index in [1.54, 1.807) is 18.4 Å². The molecule has 106 valence electrons. The third-order valence-electron chi connectivity index (χ3n) is 3.05. The van der Waals surface area contributed by atoms with Crippen LogP contribution >= 0.6 is 35.3 Å². The molecule has 0 radical (unpaired) electrons. The molecule has 0 aliphatic heterocycles. The first-order valence-corrected chi connectivity index (χ1v) is 7.05. The fourth-order valence-electron chi connectivity index (χ4n) is 1.90. The Morgan fingerprint density at radius 3 is 2.63 bits per heavy atom. The average molecular weight is 392 g/mol. The second kappa shape index (κ2) is 7.84. The molecule has 2 rings (SSSR count). The van der Waals surface area contributed by atoms with E-state index in [-0.39, 0.29) is 24.0 Å². The molecular formula is C13H21IN4S. The summed E-state index contributed by atoms with van der Waals surface area (Å²) < 4.78 is 0. The molecule has 0 unspecified atom stereocenters. The molecule has 4 nitrogen and oxygen atoms in total. The number of nitrogens with one attached hydrogen (secondary N) is 2. The number of rotatable bonds is 3. The van der Waals surface area contributed by atoms with Crippen molar-refractivity contribution in [2.24, 2.45) is 4.99 Å². The maximum absolute atomic E-state index is 4.51. The zero-order valence-corrected chi connectivity index (χ0v) is 14.7. The van der Waals surface area contributed by atoms with Crippen molar-refractivity contribution in [3.05, 3.63) is 27.7 Å². The minimum Gasteiger partial charge on any atom is -0.353 e. The van der Waals surface area contributed by atoms with E-state index in [1.165, 1.54) is 4.88 Å². The standard InChI is InChI=1S/C13H20N4S.HI/c1-9-10(2)18-12(16-9)8-15-13(14-3)17-11-6-4-5-7-11;/h4-5,11H,6-8H2,1-3H3,(H2,14,15,17);1H. The highest BCUT2D eigenvalue weighted by molar-refractivity contribution is 14.0. The summed E-state index contributed by atoms with van der Waals surface area (Å²) in [4.78, 5) is 10.0. The Balaban J connectivity index is 0.00000180. The summed E-state index contributed by atoms with van der Waals surface area (Å²) in [6.07, 6.45) is 6.57. The first-order valence-electron chi connectivity index (χ1n) is 6.24. The summed E-state index contributed by atoms with van der Waals surface area (Å²) >= 11 is 1.74. The number of aliphatic imine (C=N–C) groups is 1. The Hall–Kier alpha value is -0.630. The minimum atomic E-state index is 0. The monoisotopic (exact) mass is 392 g/mol. The largest absolute Gasteiger partial charge is 0.353 e.